The minimum Gasteiger partial charge on any atom is -0.496 e. The van der Waals surface area contributed by atoms with Crippen molar-refractivity contribution in [2.75, 3.05) is 14.2 Å². The van der Waals surface area contributed by atoms with Gasteiger partial charge < -0.3 is 14.6 Å². The number of aliphatic hydroxyl groups is 1. The van der Waals surface area contributed by atoms with Crippen LogP contribution in [0.25, 0.3) is 0 Å². The number of methoxy groups -OCH3 is 2. The molecule has 0 amide bonds. The Morgan fingerprint density at radius 3 is 1.85 bits per heavy atom. The molecular formula is C30H54O3. The zero-order valence-electron chi connectivity index (χ0n) is 23.4. The number of aryl methyl sites for hydroxylation is 1. The summed E-state index contributed by atoms with van der Waals surface area (Å²) in [5, 5.41) is 11.0. The third kappa shape index (κ3) is 11.2. The Morgan fingerprint density at radius 1 is 0.788 bits per heavy atom. The fourth-order valence-corrected chi connectivity index (χ4v) is 4.95. The number of hydrogen-bond donors (Lipinski definition) is 1. The van der Waals surface area contributed by atoms with Gasteiger partial charge in [0.05, 0.1) is 19.8 Å². The Labute approximate surface area is 205 Å². The van der Waals surface area contributed by atoms with Gasteiger partial charge in [0.2, 0.25) is 0 Å². The number of benzene rings is 1. The third-order valence-electron chi connectivity index (χ3n) is 7.51. The van der Waals surface area contributed by atoms with E-state index in [0.717, 1.165) is 71.6 Å². The van der Waals surface area contributed by atoms with Gasteiger partial charge in [-0.1, -0.05) is 79.1 Å². The van der Waals surface area contributed by atoms with Crippen LogP contribution >= 0.6 is 0 Å². The molecule has 0 saturated heterocycles. The van der Waals surface area contributed by atoms with E-state index in [1.165, 1.54) is 44.9 Å². The molecule has 192 valence electrons. The van der Waals surface area contributed by atoms with E-state index in [2.05, 4.69) is 47.6 Å². The van der Waals surface area contributed by atoms with E-state index in [9.17, 15) is 5.11 Å². The number of hydrogen-bond acceptors (Lipinski definition) is 3. The molecule has 0 spiro atoms. The molecule has 0 aliphatic heterocycles. The molecule has 33 heavy (non-hydrogen) atoms. The molecule has 0 heterocycles. The first-order valence-corrected chi connectivity index (χ1v) is 13.4. The zero-order valence-corrected chi connectivity index (χ0v) is 23.4. The second kappa shape index (κ2) is 14.9. The van der Waals surface area contributed by atoms with Crippen molar-refractivity contribution in [3.63, 3.8) is 0 Å². The van der Waals surface area contributed by atoms with Crippen molar-refractivity contribution in [2.24, 2.45) is 17.8 Å². The van der Waals surface area contributed by atoms with Crippen molar-refractivity contribution in [3.8, 4) is 11.5 Å². The predicted molar refractivity (Wildman–Crippen MR) is 143 cm³/mol. The number of ether oxygens (including phenoxy) is 2. The summed E-state index contributed by atoms with van der Waals surface area (Å²) in [7, 11) is 3.44. The van der Waals surface area contributed by atoms with Crippen molar-refractivity contribution in [2.45, 2.75) is 125 Å². The van der Waals surface area contributed by atoms with Crippen LogP contribution in [0, 0.1) is 31.6 Å². The first-order chi connectivity index (χ1) is 15.5. The van der Waals surface area contributed by atoms with Crippen LogP contribution in [0.15, 0.2) is 6.07 Å². The SMILES string of the molecule is COc1cc(CC[C@](C)(O)CCC[C@H](C)CCC[C@H](C)CCCC(C)C)c(OC)c(C)c1C. The molecule has 3 nitrogen and oxygen atoms in total. The van der Waals surface area contributed by atoms with Crippen molar-refractivity contribution < 1.29 is 14.6 Å². The molecule has 0 bridgehead atoms. The van der Waals surface area contributed by atoms with Crippen LogP contribution < -0.4 is 9.47 Å². The highest BCUT2D eigenvalue weighted by molar-refractivity contribution is 5.52. The van der Waals surface area contributed by atoms with Crippen LogP contribution in [0.3, 0.4) is 0 Å². The molecule has 1 aromatic rings. The monoisotopic (exact) mass is 462 g/mol. The molecule has 1 aromatic carbocycles. The highest BCUT2D eigenvalue weighted by atomic mass is 16.5. The lowest BCUT2D eigenvalue weighted by atomic mass is 9.87. The molecule has 3 heteroatoms. The summed E-state index contributed by atoms with van der Waals surface area (Å²) in [5.41, 5.74) is 2.70. The summed E-state index contributed by atoms with van der Waals surface area (Å²) in [6, 6.07) is 2.07. The Hall–Kier alpha value is -1.22. The molecule has 0 aliphatic carbocycles. The maximum atomic E-state index is 11.0. The third-order valence-corrected chi connectivity index (χ3v) is 7.51. The summed E-state index contributed by atoms with van der Waals surface area (Å²) in [6.07, 6.45) is 12.8. The molecule has 0 unspecified atom stereocenters. The van der Waals surface area contributed by atoms with Crippen molar-refractivity contribution in [3.05, 3.63) is 22.8 Å². The van der Waals surface area contributed by atoms with Gasteiger partial charge in [0, 0.05) is 0 Å². The summed E-state index contributed by atoms with van der Waals surface area (Å²) in [5.74, 6) is 4.26. The van der Waals surface area contributed by atoms with Crippen LogP contribution in [0.1, 0.15) is 116 Å². The Balaban J connectivity index is 2.39. The maximum absolute atomic E-state index is 11.0. The second-order valence-corrected chi connectivity index (χ2v) is 11.4. The Morgan fingerprint density at radius 2 is 1.33 bits per heavy atom. The van der Waals surface area contributed by atoms with E-state index in [1.807, 2.05) is 6.92 Å². The number of rotatable bonds is 17. The van der Waals surface area contributed by atoms with Crippen LogP contribution in [0.2, 0.25) is 0 Å². The van der Waals surface area contributed by atoms with Crippen LogP contribution in [0.5, 0.6) is 11.5 Å². The second-order valence-electron chi connectivity index (χ2n) is 11.4. The highest BCUT2D eigenvalue weighted by Gasteiger charge is 2.22. The van der Waals surface area contributed by atoms with E-state index < -0.39 is 5.60 Å². The fourth-order valence-electron chi connectivity index (χ4n) is 4.95. The van der Waals surface area contributed by atoms with E-state index in [0.29, 0.717) is 0 Å². The topological polar surface area (TPSA) is 38.7 Å². The molecule has 0 fully saturated rings. The molecule has 3 atom stereocenters. The molecule has 0 radical (unpaired) electrons. The van der Waals surface area contributed by atoms with Gasteiger partial charge in [-0.05, 0) is 80.5 Å². The largest absolute Gasteiger partial charge is 0.496 e. The van der Waals surface area contributed by atoms with Gasteiger partial charge in [-0.2, -0.15) is 0 Å². The summed E-state index contributed by atoms with van der Waals surface area (Å²) in [4.78, 5) is 0. The van der Waals surface area contributed by atoms with E-state index >= 15 is 0 Å². The maximum Gasteiger partial charge on any atom is 0.125 e. The lowest BCUT2D eigenvalue weighted by molar-refractivity contribution is 0.0385. The van der Waals surface area contributed by atoms with Crippen LogP contribution in [-0.2, 0) is 6.42 Å². The summed E-state index contributed by atoms with van der Waals surface area (Å²) in [6.45, 7) is 15.6. The Bertz CT molecular complexity index is 678. The van der Waals surface area contributed by atoms with Crippen molar-refractivity contribution in [1.29, 1.82) is 0 Å². The standard InChI is InChI=1S/C30H54O3/c1-22(2)13-10-14-23(3)15-11-16-24(4)17-12-19-30(7,31)20-18-27-21-28(32-8)25(5)26(6)29(27)33-9/h21-24,31H,10-20H2,1-9H3/t23-,24-,30-/m1/s1. The van der Waals surface area contributed by atoms with Gasteiger partial charge in [-0.3, -0.25) is 0 Å². The van der Waals surface area contributed by atoms with Gasteiger partial charge in [0.25, 0.3) is 0 Å². The highest BCUT2D eigenvalue weighted by Crippen LogP contribution is 2.35. The van der Waals surface area contributed by atoms with Gasteiger partial charge in [-0.15, -0.1) is 0 Å². The average Bonchev–Trinajstić information content (AvgIpc) is 2.74. The smallest absolute Gasteiger partial charge is 0.125 e. The van der Waals surface area contributed by atoms with Gasteiger partial charge in [0.15, 0.2) is 0 Å². The molecular weight excluding hydrogens is 408 g/mol. The van der Waals surface area contributed by atoms with Crippen molar-refractivity contribution in [1.82, 2.24) is 0 Å². The van der Waals surface area contributed by atoms with Gasteiger partial charge in [0.1, 0.15) is 11.5 Å². The molecule has 0 aromatic heterocycles. The minimum absolute atomic E-state index is 0.651. The quantitative estimate of drug-likeness (QED) is 0.252. The molecule has 0 aliphatic rings. The lowest BCUT2D eigenvalue weighted by Gasteiger charge is -2.25. The lowest BCUT2D eigenvalue weighted by Crippen LogP contribution is -2.25. The summed E-state index contributed by atoms with van der Waals surface area (Å²) < 4.78 is 11.2. The first kappa shape index (κ1) is 29.8. The molecule has 0 saturated carbocycles. The zero-order chi connectivity index (χ0) is 25.0. The average molecular weight is 463 g/mol. The van der Waals surface area contributed by atoms with Crippen LogP contribution in [-0.4, -0.2) is 24.9 Å². The van der Waals surface area contributed by atoms with E-state index in [4.69, 9.17) is 9.47 Å². The molecule has 1 rings (SSSR count). The normalized spacial score (nSPS) is 15.4. The van der Waals surface area contributed by atoms with Crippen LogP contribution in [0.4, 0.5) is 0 Å². The Kier molecular flexibility index (Phi) is 13.5. The summed E-state index contributed by atoms with van der Waals surface area (Å²) >= 11 is 0. The van der Waals surface area contributed by atoms with E-state index in [1.54, 1.807) is 14.2 Å². The minimum atomic E-state index is -0.651. The van der Waals surface area contributed by atoms with E-state index in [-0.39, 0.29) is 0 Å². The first-order valence-electron chi connectivity index (χ1n) is 13.4. The fraction of sp³-hybridized carbons (Fsp3) is 0.800. The van der Waals surface area contributed by atoms with Crippen molar-refractivity contribution >= 4 is 0 Å². The molecule has 1 N–H and O–H groups in total. The van der Waals surface area contributed by atoms with Gasteiger partial charge >= 0.3 is 0 Å². The van der Waals surface area contributed by atoms with Gasteiger partial charge in [-0.25, -0.2) is 0 Å². The predicted octanol–water partition coefficient (Wildman–Crippen LogP) is 8.44.